The molecule has 1 aromatic carbocycles. The van der Waals surface area contributed by atoms with Crippen molar-refractivity contribution >= 4 is 11.7 Å². The van der Waals surface area contributed by atoms with E-state index in [0.29, 0.717) is 6.42 Å². The molecular formula is C15H21NO2. The van der Waals surface area contributed by atoms with Crippen molar-refractivity contribution in [1.82, 2.24) is 0 Å². The van der Waals surface area contributed by atoms with Crippen molar-refractivity contribution < 1.29 is 9.53 Å². The Balaban J connectivity index is 1.81. The number of benzene rings is 1. The van der Waals surface area contributed by atoms with Gasteiger partial charge in [-0.15, -0.1) is 0 Å². The minimum absolute atomic E-state index is 0.137. The predicted molar refractivity (Wildman–Crippen MR) is 72.8 cm³/mol. The lowest BCUT2D eigenvalue weighted by Gasteiger charge is -2.17. The molecule has 0 aromatic heterocycles. The SMILES string of the molecule is COC(=O)CCCNc1ccc2c(c1)CCCC2. The highest BCUT2D eigenvalue weighted by Crippen LogP contribution is 2.24. The van der Waals surface area contributed by atoms with Gasteiger partial charge in [0.25, 0.3) is 0 Å². The minimum Gasteiger partial charge on any atom is -0.469 e. The Kier molecular flexibility index (Phi) is 4.62. The fourth-order valence-corrected chi connectivity index (χ4v) is 2.41. The lowest BCUT2D eigenvalue weighted by Crippen LogP contribution is -2.08. The quantitative estimate of drug-likeness (QED) is 0.642. The Morgan fingerprint density at radius 1 is 1.28 bits per heavy atom. The fourth-order valence-electron chi connectivity index (χ4n) is 2.41. The number of aryl methyl sites for hydroxylation is 2. The molecule has 2 rings (SSSR count). The van der Waals surface area contributed by atoms with Crippen LogP contribution in [0.5, 0.6) is 0 Å². The normalized spacial score (nSPS) is 13.8. The summed E-state index contributed by atoms with van der Waals surface area (Å²) in [6.45, 7) is 0.813. The Morgan fingerprint density at radius 3 is 2.83 bits per heavy atom. The number of fused-ring (bicyclic) bond motifs is 1. The number of esters is 1. The third kappa shape index (κ3) is 3.49. The first-order chi connectivity index (χ1) is 8.79. The lowest BCUT2D eigenvalue weighted by molar-refractivity contribution is -0.140. The second-order valence-corrected chi connectivity index (χ2v) is 4.80. The highest BCUT2D eigenvalue weighted by atomic mass is 16.5. The van der Waals surface area contributed by atoms with Gasteiger partial charge in [-0.05, 0) is 55.4 Å². The van der Waals surface area contributed by atoms with Gasteiger partial charge in [0.15, 0.2) is 0 Å². The zero-order chi connectivity index (χ0) is 12.8. The molecule has 0 radical (unpaired) electrons. The van der Waals surface area contributed by atoms with Gasteiger partial charge in [0, 0.05) is 18.7 Å². The van der Waals surface area contributed by atoms with Crippen LogP contribution in [0.3, 0.4) is 0 Å². The molecule has 0 bridgehead atoms. The van der Waals surface area contributed by atoms with E-state index < -0.39 is 0 Å². The first-order valence-electron chi connectivity index (χ1n) is 6.72. The summed E-state index contributed by atoms with van der Waals surface area (Å²) in [7, 11) is 1.43. The van der Waals surface area contributed by atoms with Gasteiger partial charge < -0.3 is 10.1 Å². The van der Waals surface area contributed by atoms with Crippen LogP contribution in [0.2, 0.25) is 0 Å². The molecule has 0 saturated carbocycles. The van der Waals surface area contributed by atoms with Crippen LogP contribution >= 0.6 is 0 Å². The molecular weight excluding hydrogens is 226 g/mol. The van der Waals surface area contributed by atoms with Crippen LogP contribution in [-0.2, 0) is 22.4 Å². The number of methoxy groups -OCH3 is 1. The lowest BCUT2D eigenvalue weighted by atomic mass is 9.91. The molecule has 1 aromatic rings. The first-order valence-corrected chi connectivity index (χ1v) is 6.72. The molecule has 3 nitrogen and oxygen atoms in total. The van der Waals surface area contributed by atoms with Crippen LogP contribution in [0.1, 0.15) is 36.8 Å². The number of nitrogens with one attached hydrogen (secondary N) is 1. The molecule has 0 aliphatic heterocycles. The molecule has 1 aliphatic rings. The molecule has 0 fully saturated rings. The average molecular weight is 247 g/mol. The maximum Gasteiger partial charge on any atom is 0.305 e. The number of rotatable bonds is 5. The smallest absolute Gasteiger partial charge is 0.305 e. The van der Waals surface area contributed by atoms with Crippen molar-refractivity contribution in [3.05, 3.63) is 29.3 Å². The van der Waals surface area contributed by atoms with E-state index in [0.717, 1.165) is 13.0 Å². The van der Waals surface area contributed by atoms with Crippen LogP contribution in [0.25, 0.3) is 0 Å². The number of hydrogen-bond donors (Lipinski definition) is 1. The van der Waals surface area contributed by atoms with Crippen LogP contribution in [-0.4, -0.2) is 19.6 Å². The number of carbonyl (C=O) groups excluding carboxylic acids is 1. The van der Waals surface area contributed by atoms with E-state index in [1.54, 1.807) is 0 Å². The highest BCUT2D eigenvalue weighted by molar-refractivity contribution is 5.69. The van der Waals surface area contributed by atoms with Crippen LogP contribution < -0.4 is 5.32 Å². The number of carbonyl (C=O) groups is 1. The average Bonchev–Trinajstić information content (AvgIpc) is 2.43. The van der Waals surface area contributed by atoms with E-state index in [4.69, 9.17) is 0 Å². The largest absolute Gasteiger partial charge is 0.469 e. The van der Waals surface area contributed by atoms with Gasteiger partial charge in [-0.2, -0.15) is 0 Å². The Labute approximate surface area is 109 Å². The number of ether oxygens (including phenoxy) is 1. The summed E-state index contributed by atoms with van der Waals surface area (Å²) in [4.78, 5) is 11.0. The highest BCUT2D eigenvalue weighted by Gasteiger charge is 2.09. The second kappa shape index (κ2) is 6.43. The topological polar surface area (TPSA) is 38.3 Å². The Morgan fingerprint density at radius 2 is 2.06 bits per heavy atom. The summed E-state index contributed by atoms with van der Waals surface area (Å²) in [5.74, 6) is -0.137. The molecule has 0 spiro atoms. The molecule has 3 heteroatoms. The second-order valence-electron chi connectivity index (χ2n) is 4.80. The zero-order valence-electron chi connectivity index (χ0n) is 11.0. The Bertz CT molecular complexity index is 415. The van der Waals surface area contributed by atoms with Crippen molar-refractivity contribution in [1.29, 1.82) is 0 Å². The maximum absolute atomic E-state index is 11.0. The molecule has 0 heterocycles. The summed E-state index contributed by atoms with van der Waals surface area (Å²) in [6, 6.07) is 6.63. The van der Waals surface area contributed by atoms with Gasteiger partial charge in [0.05, 0.1) is 7.11 Å². The van der Waals surface area contributed by atoms with Gasteiger partial charge >= 0.3 is 5.97 Å². The van der Waals surface area contributed by atoms with Gasteiger partial charge in [-0.25, -0.2) is 0 Å². The predicted octanol–water partition coefficient (Wildman–Crippen LogP) is 2.93. The summed E-state index contributed by atoms with van der Waals surface area (Å²) in [5.41, 5.74) is 4.15. The Hall–Kier alpha value is -1.51. The molecule has 98 valence electrons. The van der Waals surface area contributed by atoms with Crippen molar-refractivity contribution in [2.45, 2.75) is 38.5 Å². The molecule has 1 aliphatic carbocycles. The van der Waals surface area contributed by atoms with E-state index in [2.05, 4.69) is 28.3 Å². The standard InChI is InChI=1S/C15H21NO2/c1-18-15(17)7-4-10-16-14-9-8-12-5-2-3-6-13(12)11-14/h8-9,11,16H,2-7,10H2,1H3. The van der Waals surface area contributed by atoms with Crippen molar-refractivity contribution in [3.63, 3.8) is 0 Å². The zero-order valence-corrected chi connectivity index (χ0v) is 11.0. The van der Waals surface area contributed by atoms with Gasteiger partial charge in [0.2, 0.25) is 0 Å². The van der Waals surface area contributed by atoms with Crippen LogP contribution in [0, 0.1) is 0 Å². The van der Waals surface area contributed by atoms with E-state index in [1.165, 1.54) is 49.6 Å². The van der Waals surface area contributed by atoms with Gasteiger partial charge in [-0.3, -0.25) is 4.79 Å². The third-order valence-electron chi connectivity index (χ3n) is 3.46. The molecule has 0 unspecified atom stereocenters. The summed E-state index contributed by atoms with van der Waals surface area (Å²) >= 11 is 0. The van der Waals surface area contributed by atoms with Gasteiger partial charge in [0.1, 0.15) is 0 Å². The van der Waals surface area contributed by atoms with E-state index >= 15 is 0 Å². The van der Waals surface area contributed by atoms with E-state index in [1.807, 2.05) is 0 Å². The first kappa shape index (κ1) is 12.9. The maximum atomic E-state index is 11.0. The molecule has 18 heavy (non-hydrogen) atoms. The number of anilines is 1. The third-order valence-corrected chi connectivity index (χ3v) is 3.46. The number of hydrogen-bond acceptors (Lipinski definition) is 3. The summed E-state index contributed by atoms with van der Waals surface area (Å²) < 4.78 is 4.61. The molecule has 0 amide bonds. The molecule has 0 atom stereocenters. The van der Waals surface area contributed by atoms with E-state index in [-0.39, 0.29) is 5.97 Å². The van der Waals surface area contributed by atoms with Crippen molar-refractivity contribution in [2.24, 2.45) is 0 Å². The molecule has 0 saturated heterocycles. The summed E-state index contributed by atoms with van der Waals surface area (Å²) in [5, 5.41) is 3.37. The van der Waals surface area contributed by atoms with Crippen molar-refractivity contribution in [3.8, 4) is 0 Å². The van der Waals surface area contributed by atoms with E-state index in [9.17, 15) is 4.79 Å². The summed E-state index contributed by atoms with van der Waals surface area (Å²) in [6.07, 6.45) is 6.33. The minimum atomic E-state index is -0.137. The molecule has 1 N–H and O–H groups in total. The van der Waals surface area contributed by atoms with Gasteiger partial charge in [-0.1, -0.05) is 6.07 Å². The fraction of sp³-hybridized carbons (Fsp3) is 0.533. The van der Waals surface area contributed by atoms with Crippen molar-refractivity contribution in [2.75, 3.05) is 19.0 Å². The van der Waals surface area contributed by atoms with Crippen LogP contribution in [0.15, 0.2) is 18.2 Å². The van der Waals surface area contributed by atoms with Crippen LogP contribution in [0.4, 0.5) is 5.69 Å². The monoisotopic (exact) mass is 247 g/mol.